The molecular formula is C26H27ClFN7O2. The SMILES string of the molecule is Cc1cc(CCC(=O)N2CCN(C)CC2)[nH]c1C=C1C(=O)Nc2ncnc(Nc3ccc(F)c(Cl)c3)c21. The molecule has 0 unspecified atom stereocenters. The van der Waals surface area contributed by atoms with E-state index in [1.165, 1.54) is 24.5 Å². The van der Waals surface area contributed by atoms with Crippen molar-refractivity contribution in [1.82, 2.24) is 24.8 Å². The van der Waals surface area contributed by atoms with Crippen LogP contribution in [0.3, 0.4) is 0 Å². The number of piperazine rings is 1. The topological polar surface area (TPSA) is 106 Å². The van der Waals surface area contributed by atoms with E-state index in [1.807, 2.05) is 17.9 Å². The van der Waals surface area contributed by atoms with Gasteiger partial charge in [0, 0.05) is 49.7 Å². The number of aryl methyl sites for hydroxylation is 2. The monoisotopic (exact) mass is 523 g/mol. The summed E-state index contributed by atoms with van der Waals surface area (Å²) in [6, 6.07) is 6.24. The van der Waals surface area contributed by atoms with Gasteiger partial charge in [-0.15, -0.1) is 0 Å². The number of anilines is 3. The average Bonchev–Trinajstić information content (AvgIpc) is 3.39. The molecule has 2 amide bonds. The van der Waals surface area contributed by atoms with Crippen molar-refractivity contribution in [2.75, 3.05) is 43.9 Å². The average molecular weight is 524 g/mol. The Morgan fingerprint density at radius 3 is 2.76 bits per heavy atom. The zero-order valence-electron chi connectivity index (χ0n) is 20.6. The summed E-state index contributed by atoms with van der Waals surface area (Å²) in [5, 5.41) is 5.85. The molecule has 3 aromatic rings. The summed E-state index contributed by atoms with van der Waals surface area (Å²) in [5.74, 6) is 0.0825. The lowest BCUT2D eigenvalue weighted by Crippen LogP contribution is -2.47. The molecule has 0 atom stereocenters. The quantitative estimate of drug-likeness (QED) is 0.424. The van der Waals surface area contributed by atoms with Crippen molar-refractivity contribution in [1.29, 1.82) is 0 Å². The lowest BCUT2D eigenvalue weighted by atomic mass is 10.1. The van der Waals surface area contributed by atoms with Crippen molar-refractivity contribution < 1.29 is 14.0 Å². The molecule has 0 aliphatic carbocycles. The van der Waals surface area contributed by atoms with Crippen LogP contribution in [0.5, 0.6) is 0 Å². The Kier molecular flexibility index (Phi) is 6.94. The van der Waals surface area contributed by atoms with E-state index in [1.54, 1.807) is 6.08 Å². The van der Waals surface area contributed by atoms with Crippen LogP contribution >= 0.6 is 11.6 Å². The van der Waals surface area contributed by atoms with Crippen molar-refractivity contribution in [2.24, 2.45) is 0 Å². The normalized spacial score (nSPS) is 16.7. The Morgan fingerprint density at radius 1 is 1.22 bits per heavy atom. The van der Waals surface area contributed by atoms with Crippen LogP contribution in [0.4, 0.5) is 21.7 Å². The Balaban J connectivity index is 1.35. The van der Waals surface area contributed by atoms with Gasteiger partial charge in [0.05, 0.1) is 16.2 Å². The van der Waals surface area contributed by atoms with Gasteiger partial charge in [-0.1, -0.05) is 11.6 Å². The van der Waals surface area contributed by atoms with E-state index in [2.05, 4.69) is 37.5 Å². The first-order chi connectivity index (χ1) is 17.8. The molecule has 4 heterocycles. The van der Waals surface area contributed by atoms with Crippen LogP contribution in [0.15, 0.2) is 30.6 Å². The van der Waals surface area contributed by atoms with Gasteiger partial charge >= 0.3 is 0 Å². The van der Waals surface area contributed by atoms with Crippen LogP contribution in [0.2, 0.25) is 5.02 Å². The zero-order chi connectivity index (χ0) is 26.1. The number of H-pyrrole nitrogens is 1. The van der Waals surface area contributed by atoms with E-state index in [4.69, 9.17) is 11.6 Å². The molecule has 3 N–H and O–H groups in total. The molecule has 0 saturated carbocycles. The number of hydrogen-bond donors (Lipinski definition) is 3. The lowest BCUT2D eigenvalue weighted by molar-refractivity contribution is -0.132. The summed E-state index contributed by atoms with van der Waals surface area (Å²) in [4.78, 5) is 41.5. The molecule has 1 aromatic carbocycles. The standard InChI is InChI=1S/C26H27ClFN7O2/c1-15-11-16(4-6-22(36)35-9-7-34(2)8-10-35)31-21(15)13-18-23-24(29-14-30-25(23)33-26(18)37)32-17-3-5-20(28)19(27)12-17/h3,5,11-14,31H,4,6-10H2,1-2H3,(H2,29,30,32,33,37). The highest BCUT2D eigenvalue weighted by Crippen LogP contribution is 2.37. The first-order valence-electron chi connectivity index (χ1n) is 12.0. The number of amides is 2. The maximum absolute atomic E-state index is 13.6. The molecule has 1 saturated heterocycles. The van der Waals surface area contributed by atoms with Gasteiger partial charge in [-0.25, -0.2) is 14.4 Å². The van der Waals surface area contributed by atoms with Gasteiger partial charge in [-0.05, 0) is 56.3 Å². The summed E-state index contributed by atoms with van der Waals surface area (Å²) in [6.07, 6.45) is 4.10. The molecule has 0 bridgehead atoms. The molecule has 9 nitrogen and oxygen atoms in total. The molecule has 37 heavy (non-hydrogen) atoms. The minimum atomic E-state index is -0.527. The van der Waals surface area contributed by atoms with Crippen molar-refractivity contribution in [3.05, 3.63) is 63.9 Å². The van der Waals surface area contributed by atoms with Crippen LogP contribution in [-0.2, 0) is 16.0 Å². The first-order valence-corrected chi connectivity index (χ1v) is 12.4. The summed E-state index contributed by atoms with van der Waals surface area (Å²) in [5.41, 5.74) is 4.06. The third-order valence-corrected chi connectivity index (χ3v) is 6.93. The largest absolute Gasteiger partial charge is 0.359 e. The van der Waals surface area contributed by atoms with Gasteiger partial charge in [0.25, 0.3) is 5.91 Å². The van der Waals surface area contributed by atoms with E-state index in [0.29, 0.717) is 41.3 Å². The number of benzene rings is 1. The molecule has 0 spiro atoms. The maximum atomic E-state index is 13.6. The number of carbonyl (C=O) groups is 2. The molecule has 2 aromatic heterocycles. The fraction of sp³-hybridized carbons (Fsp3) is 0.308. The summed E-state index contributed by atoms with van der Waals surface area (Å²) < 4.78 is 13.6. The Hall–Kier alpha value is -3.76. The first kappa shape index (κ1) is 24.9. The highest BCUT2D eigenvalue weighted by atomic mass is 35.5. The second kappa shape index (κ2) is 10.3. The molecule has 192 valence electrons. The molecular weight excluding hydrogens is 497 g/mol. The summed E-state index contributed by atoms with van der Waals surface area (Å²) >= 11 is 5.92. The zero-order valence-corrected chi connectivity index (χ0v) is 21.3. The fourth-order valence-electron chi connectivity index (χ4n) is 4.50. The van der Waals surface area contributed by atoms with Crippen molar-refractivity contribution in [3.8, 4) is 0 Å². The van der Waals surface area contributed by atoms with Crippen molar-refractivity contribution in [2.45, 2.75) is 19.8 Å². The number of halogens is 2. The fourth-order valence-corrected chi connectivity index (χ4v) is 4.68. The number of aromatic amines is 1. The van der Waals surface area contributed by atoms with E-state index in [0.717, 1.165) is 43.1 Å². The van der Waals surface area contributed by atoms with Gasteiger partial charge in [0.15, 0.2) is 0 Å². The smallest absolute Gasteiger partial charge is 0.257 e. The minimum absolute atomic E-state index is 0.0266. The third kappa shape index (κ3) is 5.35. The molecule has 2 aliphatic heterocycles. The number of fused-ring (bicyclic) bond motifs is 1. The van der Waals surface area contributed by atoms with E-state index in [-0.39, 0.29) is 16.8 Å². The minimum Gasteiger partial charge on any atom is -0.359 e. The highest BCUT2D eigenvalue weighted by Gasteiger charge is 2.30. The predicted molar refractivity (Wildman–Crippen MR) is 141 cm³/mol. The van der Waals surface area contributed by atoms with Gasteiger partial charge in [0.1, 0.15) is 23.8 Å². The molecule has 5 rings (SSSR count). The number of carbonyl (C=O) groups excluding carboxylic acids is 2. The Morgan fingerprint density at radius 2 is 2.00 bits per heavy atom. The van der Waals surface area contributed by atoms with Crippen LogP contribution < -0.4 is 10.6 Å². The number of rotatable bonds is 6. The lowest BCUT2D eigenvalue weighted by Gasteiger charge is -2.32. The van der Waals surface area contributed by atoms with Crippen LogP contribution in [0.25, 0.3) is 11.6 Å². The van der Waals surface area contributed by atoms with Gasteiger partial charge in [0.2, 0.25) is 5.91 Å². The van der Waals surface area contributed by atoms with Crippen LogP contribution in [-0.4, -0.2) is 69.8 Å². The molecule has 0 radical (unpaired) electrons. The van der Waals surface area contributed by atoms with E-state index in [9.17, 15) is 14.0 Å². The molecule has 2 aliphatic rings. The van der Waals surface area contributed by atoms with Gasteiger partial charge < -0.3 is 25.4 Å². The van der Waals surface area contributed by atoms with Crippen LogP contribution in [0.1, 0.15) is 28.9 Å². The van der Waals surface area contributed by atoms with Gasteiger partial charge in [-0.2, -0.15) is 0 Å². The summed E-state index contributed by atoms with van der Waals surface area (Å²) in [6.45, 7) is 5.25. The molecule has 11 heteroatoms. The maximum Gasteiger partial charge on any atom is 0.257 e. The van der Waals surface area contributed by atoms with Gasteiger partial charge in [-0.3, -0.25) is 9.59 Å². The second-order valence-corrected chi connectivity index (χ2v) is 9.69. The van der Waals surface area contributed by atoms with E-state index < -0.39 is 5.82 Å². The number of aromatic nitrogens is 3. The van der Waals surface area contributed by atoms with Crippen molar-refractivity contribution >= 4 is 52.4 Å². The third-order valence-electron chi connectivity index (χ3n) is 6.64. The Bertz CT molecular complexity index is 1400. The summed E-state index contributed by atoms with van der Waals surface area (Å²) in [7, 11) is 2.06. The number of hydrogen-bond acceptors (Lipinski definition) is 6. The Labute approximate surface area is 218 Å². The predicted octanol–water partition coefficient (Wildman–Crippen LogP) is 3.85. The highest BCUT2D eigenvalue weighted by molar-refractivity contribution is 6.35. The number of nitrogens with one attached hydrogen (secondary N) is 3. The number of nitrogens with zero attached hydrogens (tertiary/aromatic N) is 4. The number of likely N-dealkylation sites (N-methyl/N-ethyl adjacent to an activating group) is 1. The molecule has 1 fully saturated rings. The van der Waals surface area contributed by atoms with E-state index >= 15 is 0 Å². The second-order valence-electron chi connectivity index (χ2n) is 9.29. The van der Waals surface area contributed by atoms with Crippen molar-refractivity contribution in [3.63, 3.8) is 0 Å². The van der Waals surface area contributed by atoms with Crippen LogP contribution in [0, 0.1) is 12.7 Å².